The van der Waals surface area contributed by atoms with Gasteiger partial charge in [-0.3, -0.25) is 4.79 Å². The number of para-hydroxylation sites is 1. The fourth-order valence-corrected chi connectivity index (χ4v) is 3.59. The highest BCUT2D eigenvalue weighted by atomic mass is 16.5. The molecular formula is C24H29NO4. The lowest BCUT2D eigenvalue weighted by Gasteiger charge is -2.19. The van der Waals surface area contributed by atoms with Gasteiger partial charge in [0.15, 0.2) is 0 Å². The van der Waals surface area contributed by atoms with Crippen LogP contribution in [0.1, 0.15) is 43.7 Å². The predicted molar refractivity (Wildman–Crippen MR) is 111 cm³/mol. The Morgan fingerprint density at radius 3 is 2.45 bits per heavy atom. The fourth-order valence-electron chi connectivity index (χ4n) is 3.59. The van der Waals surface area contributed by atoms with Gasteiger partial charge in [0.1, 0.15) is 18.4 Å². The van der Waals surface area contributed by atoms with E-state index in [1.807, 2.05) is 68.4 Å². The van der Waals surface area contributed by atoms with Gasteiger partial charge in [-0.1, -0.05) is 62.4 Å². The molecule has 0 aliphatic heterocycles. The van der Waals surface area contributed by atoms with E-state index in [0.717, 1.165) is 23.3 Å². The van der Waals surface area contributed by atoms with E-state index in [1.54, 1.807) is 7.11 Å². The third-order valence-corrected chi connectivity index (χ3v) is 5.20. The van der Waals surface area contributed by atoms with E-state index in [9.17, 15) is 9.59 Å². The predicted octanol–water partition coefficient (Wildman–Crippen LogP) is 4.07. The van der Waals surface area contributed by atoms with E-state index in [2.05, 4.69) is 5.32 Å². The maximum absolute atomic E-state index is 12.8. The van der Waals surface area contributed by atoms with Crippen molar-refractivity contribution in [3.05, 3.63) is 65.7 Å². The molecule has 1 aliphatic carbocycles. The van der Waals surface area contributed by atoms with Gasteiger partial charge in [-0.2, -0.15) is 0 Å². The number of hydrogen-bond donors (Lipinski definition) is 1. The normalized spacial score (nSPS) is 18.8. The molecule has 1 amide bonds. The van der Waals surface area contributed by atoms with Crippen LogP contribution in [0, 0.1) is 11.8 Å². The number of esters is 1. The first-order valence-corrected chi connectivity index (χ1v) is 10.1. The Hall–Kier alpha value is -2.82. The highest BCUT2D eigenvalue weighted by Crippen LogP contribution is 2.50. The minimum atomic E-state index is -0.634. The van der Waals surface area contributed by atoms with Crippen LogP contribution < -0.4 is 10.1 Å². The monoisotopic (exact) mass is 395 g/mol. The molecule has 2 unspecified atom stereocenters. The van der Waals surface area contributed by atoms with E-state index in [-0.39, 0.29) is 36.2 Å². The molecule has 29 heavy (non-hydrogen) atoms. The highest BCUT2D eigenvalue weighted by Gasteiger charge is 2.46. The topological polar surface area (TPSA) is 64.6 Å². The number of carbonyl (C=O) groups excluding carboxylic acids is 2. The molecule has 0 heterocycles. The van der Waals surface area contributed by atoms with Crippen molar-refractivity contribution in [1.82, 2.24) is 5.32 Å². The summed E-state index contributed by atoms with van der Waals surface area (Å²) < 4.78 is 10.9. The van der Waals surface area contributed by atoms with E-state index >= 15 is 0 Å². The Balaban J connectivity index is 1.59. The Labute approximate surface area is 172 Å². The van der Waals surface area contributed by atoms with Crippen LogP contribution in [0.5, 0.6) is 5.75 Å². The summed E-state index contributed by atoms with van der Waals surface area (Å²) in [5.41, 5.74) is 1.97. The molecule has 154 valence electrons. The zero-order chi connectivity index (χ0) is 20.8. The van der Waals surface area contributed by atoms with Crippen molar-refractivity contribution in [3.63, 3.8) is 0 Å². The van der Waals surface area contributed by atoms with Gasteiger partial charge >= 0.3 is 5.97 Å². The van der Waals surface area contributed by atoms with Crippen molar-refractivity contribution in [2.75, 3.05) is 7.11 Å². The SMILES string of the molecule is COc1ccccc1C1CC1C(=O)N[C@@H](CC(C)C)C(=O)OCc1ccccc1. The van der Waals surface area contributed by atoms with E-state index in [1.165, 1.54) is 0 Å². The second kappa shape index (κ2) is 9.59. The van der Waals surface area contributed by atoms with Crippen molar-refractivity contribution in [3.8, 4) is 5.75 Å². The molecule has 0 radical (unpaired) electrons. The number of benzene rings is 2. The summed E-state index contributed by atoms with van der Waals surface area (Å²) in [6, 6.07) is 16.7. The molecule has 5 heteroatoms. The lowest BCUT2D eigenvalue weighted by molar-refractivity contribution is -0.149. The van der Waals surface area contributed by atoms with Crippen LogP contribution in [0.2, 0.25) is 0 Å². The summed E-state index contributed by atoms with van der Waals surface area (Å²) in [5.74, 6) is 0.574. The molecule has 2 aromatic carbocycles. The van der Waals surface area contributed by atoms with Gasteiger partial charge in [0.25, 0.3) is 0 Å². The number of carbonyl (C=O) groups is 2. The number of methoxy groups -OCH3 is 1. The van der Waals surface area contributed by atoms with Gasteiger partial charge in [0.05, 0.1) is 7.11 Å². The average Bonchev–Trinajstić information content (AvgIpc) is 3.52. The number of ether oxygens (including phenoxy) is 2. The van der Waals surface area contributed by atoms with Crippen LogP contribution in [0.4, 0.5) is 0 Å². The molecule has 2 aromatic rings. The minimum Gasteiger partial charge on any atom is -0.496 e. The molecule has 1 saturated carbocycles. The van der Waals surface area contributed by atoms with Crippen LogP contribution >= 0.6 is 0 Å². The third kappa shape index (κ3) is 5.59. The Bertz CT molecular complexity index is 834. The van der Waals surface area contributed by atoms with E-state index in [0.29, 0.717) is 6.42 Å². The summed E-state index contributed by atoms with van der Waals surface area (Å²) in [6.45, 7) is 4.26. The maximum atomic E-state index is 12.8. The summed E-state index contributed by atoms with van der Waals surface area (Å²) in [5, 5.41) is 2.93. The lowest BCUT2D eigenvalue weighted by Crippen LogP contribution is -2.43. The lowest BCUT2D eigenvalue weighted by atomic mass is 10.0. The quantitative estimate of drug-likeness (QED) is 0.650. The minimum absolute atomic E-state index is 0.0942. The van der Waals surface area contributed by atoms with Crippen LogP contribution in [0.3, 0.4) is 0 Å². The zero-order valence-electron chi connectivity index (χ0n) is 17.3. The number of rotatable bonds is 9. The highest BCUT2D eigenvalue weighted by molar-refractivity contribution is 5.88. The number of nitrogens with one attached hydrogen (secondary N) is 1. The second-order valence-corrected chi connectivity index (χ2v) is 7.97. The molecule has 1 aliphatic rings. The third-order valence-electron chi connectivity index (χ3n) is 5.20. The molecule has 5 nitrogen and oxygen atoms in total. The number of amides is 1. The van der Waals surface area contributed by atoms with Gasteiger partial charge in [0.2, 0.25) is 5.91 Å². The first kappa shape index (κ1) is 20.9. The van der Waals surface area contributed by atoms with Crippen molar-refractivity contribution >= 4 is 11.9 Å². The van der Waals surface area contributed by atoms with E-state index < -0.39 is 6.04 Å². The van der Waals surface area contributed by atoms with Gasteiger partial charge < -0.3 is 14.8 Å². The van der Waals surface area contributed by atoms with Gasteiger partial charge in [-0.25, -0.2) is 4.79 Å². The molecule has 3 atom stereocenters. The maximum Gasteiger partial charge on any atom is 0.328 e. The largest absolute Gasteiger partial charge is 0.496 e. The van der Waals surface area contributed by atoms with Crippen molar-refractivity contribution in [2.45, 2.75) is 45.3 Å². The molecule has 0 saturated heterocycles. The van der Waals surface area contributed by atoms with Crippen LogP contribution in [0.15, 0.2) is 54.6 Å². The summed E-state index contributed by atoms with van der Waals surface area (Å²) in [7, 11) is 1.64. The van der Waals surface area contributed by atoms with Gasteiger partial charge in [-0.05, 0) is 41.9 Å². The Kier molecular flexibility index (Phi) is 6.91. The first-order valence-electron chi connectivity index (χ1n) is 10.1. The van der Waals surface area contributed by atoms with Gasteiger partial charge in [-0.15, -0.1) is 0 Å². The average molecular weight is 395 g/mol. The molecular weight excluding hydrogens is 366 g/mol. The second-order valence-electron chi connectivity index (χ2n) is 7.97. The Morgan fingerprint density at radius 1 is 1.07 bits per heavy atom. The molecule has 1 fully saturated rings. The van der Waals surface area contributed by atoms with Crippen LogP contribution in [-0.2, 0) is 20.9 Å². The van der Waals surface area contributed by atoms with Gasteiger partial charge in [0, 0.05) is 5.92 Å². The van der Waals surface area contributed by atoms with Crippen molar-refractivity contribution < 1.29 is 19.1 Å². The first-order chi connectivity index (χ1) is 14.0. The fraction of sp³-hybridized carbons (Fsp3) is 0.417. The summed E-state index contributed by atoms with van der Waals surface area (Å²) >= 11 is 0. The molecule has 3 rings (SSSR count). The molecule has 0 aromatic heterocycles. The standard InChI is InChI=1S/C24H29NO4/c1-16(2)13-21(24(27)29-15-17-9-5-4-6-10-17)25-23(26)20-14-19(20)18-11-7-8-12-22(18)28-3/h4-12,16,19-21H,13-15H2,1-3H3,(H,25,26)/t19?,20?,21-/m0/s1. The number of hydrogen-bond acceptors (Lipinski definition) is 4. The smallest absolute Gasteiger partial charge is 0.328 e. The summed E-state index contributed by atoms with van der Waals surface area (Å²) in [6.07, 6.45) is 1.31. The summed E-state index contributed by atoms with van der Waals surface area (Å²) in [4.78, 5) is 25.4. The molecule has 0 spiro atoms. The van der Waals surface area contributed by atoms with Crippen LogP contribution in [0.25, 0.3) is 0 Å². The Morgan fingerprint density at radius 2 is 1.76 bits per heavy atom. The zero-order valence-corrected chi connectivity index (χ0v) is 17.3. The van der Waals surface area contributed by atoms with Crippen molar-refractivity contribution in [1.29, 1.82) is 0 Å². The van der Waals surface area contributed by atoms with Crippen molar-refractivity contribution in [2.24, 2.45) is 11.8 Å². The van der Waals surface area contributed by atoms with E-state index in [4.69, 9.17) is 9.47 Å². The molecule has 1 N–H and O–H groups in total. The van der Waals surface area contributed by atoms with Crippen LogP contribution in [-0.4, -0.2) is 25.0 Å². The molecule has 0 bridgehead atoms.